The van der Waals surface area contributed by atoms with E-state index in [1.165, 1.54) is 17.0 Å². The number of rotatable bonds is 8. The maximum Gasteiger partial charge on any atom is 0.252 e. The predicted octanol–water partition coefficient (Wildman–Crippen LogP) is 2.20. The minimum Gasteiger partial charge on any atom is -0.361 e. The number of sulfonamides is 1. The summed E-state index contributed by atoms with van der Waals surface area (Å²) in [6, 6.07) is 13.1. The van der Waals surface area contributed by atoms with Crippen molar-refractivity contribution in [3.05, 3.63) is 60.3 Å². The summed E-state index contributed by atoms with van der Waals surface area (Å²) in [6.07, 6.45) is 2.30. The molecule has 11 heteroatoms. The lowest BCUT2D eigenvalue weighted by atomic mass is 10.1. The Hall–Kier alpha value is -3.28. The van der Waals surface area contributed by atoms with E-state index >= 15 is 0 Å². The lowest BCUT2D eigenvalue weighted by Crippen LogP contribution is -2.39. The summed E-state index contributed by atoms with van der Waals surface area (Å²) in [5.74, 6) is -0.487. The van der Waals surface area contributed by atoms with Crippen molar-refractivity contribution in [3.63, 3.8) is 0 Å². The molecule has 2 heterocycles. The number of hydrogen-bond donors (Lipinski definition) is 3. The van der Waals surface area contributed by atoms with Crippen molar-refractivity contribution in [1.82, 2.24) is 14.8 Å². The molecule has 0 saturated carbocycles. The molecule has 4 N–H and O–H groups in total. The third kappa shape index (κ3) is 4.96. The lowest BCUT2D eigenvalue weighted by Gasteiger charge is -2.23. The zero-order chi connectivity index (χ0) is 24.5. The topological polar surface area (TPSA) is 129 Å². The summed E-state index contributed by atoms with van der Waals surface area (Å²) in [7, 11) is -3.76. The average Bonchev–Trinajstić information content (AvgIpc) is 3.34. The molecule has 9 nitrogen and oxygen atoms in total. The zero-order valence-electron chi connectivity index (χ0n) is 18.5. The van der Waals surface area contributed by atoms with Gasteiger partial charge < -0.3 is 15.2 Å². The largest absolute Gasteiger partial charge is 0.361 e. The van der Waals surface area contributed by atoms with E-state index in [1.807, 2.05) is 37.4 Å². The molecular weight excluding hydrogens is 474 g/mol. The van der Waals surface area contributed by atoms with Gasteiger partial charge in [-0.25, -0.2) is 13.6 Å². The molecule has 4 rings (SSSR count). The number of anilines is 1. The fourth-order valence-corrected chi connectivity index (χ4v) is 5.00. The number of likely N-dealkylation sites (N-methyl/N-ethyl adjacent to an activating group) is 1. The normalized spacial score (nSPS) is 16.5. The Balaban J connectivity index is 1.45. The fraction of sp³-hybridized carbons (Fsp3) is 0.261. The second kappa shape index (κ2) is 9.53. The third-order valence-electron chi connectivity index (χ3n) is 5.83. The number of nitrogens with one attached hydrogen (secondary N) is 2. The molecule has 178 valence electrons. The van der Waals surface area contributed by atoms with E-state index in [-0.39, 0.29) is 23.1 Å². The van der Waals surface area contributed by atoms with Gasteiger partial charge in [0.1, 0.15) is 6.04 Å². The number of primary sulfonamides is 1. The summed E-state index contributed by atoms with van der Waals surface area (Å²) < 4.78 is 22.9. The summed E-state index contributed by atoms with van der Waals surface area (Å²) in [6.45, 7) is 2.66. The molecule has 0 spiro atoms. The number of aromatic amines is 1. The Morgan fingerprint density at radius 3 is 2.59 bits per heavy atom. The lowest BCUT2D eigenvalue weighted by molar-refractivity contribution is -0.130. The van der Waals surface area contributed by atoms with E-state index in [2.05, 4.69) is 10.3 Å². The van der Waals surface area contributed by atoms with Crippen LogP contribution in [0.4, 0.5) is 5.69 Å². The molecule has 1 aliphatic heterocycles. The Morgan fingerprint density at radius 2 is 1.91 bits per heavy atom. The van der Waals surface area contributed by atoms with Gasteiger partial charge in [-0.1, -0.05) is 18.2 Å². The van der Waals surface area contributed by atoms with Crippen molar-refractivity contribution in [2.45, 2.75) is 30.7 Å². The fourth-order valence-electron chi connectivity index (χ4n) is 4.04. The number of fused-ring (bicyclic) bond motifs is 1. The van der Waals surface area contributed by atoms with E-state index in [9.17, 15) is 18.0 Å². The molecule has 1 fully saturated rings. The van der Waals surface area contributed by atoms with E-state index in [0.29, 0.717) is 30.3 Å². The van der Waals surface area contributed by atoms with Gasteiger partial charge in [0.15, 0.2) is 5.11 Å². The van der Waals surface area contributed by atoms with Crippen LogP contribution < -0.4 is 10.5 Å². The maximum atomic E-state index is 13.0. The van der Waals surface area contributed by atoms with Crippen molar-refractivity contribution >= 4 is 55.8 Å². The number of aromatic nitrogens is 1. The molecule has 1 saturated heterocycles. The van der Waals surface area contributed by atoms with Crippen LogP contribution >= 0.6 is 12.2 Å². The Morgan fingerprint density at radius 1 is 1.18 bits per heavy atom. The van der Waals surface area contributed by atoms with Gasteiger partial charge in [-0.05, 0) is 66.8 Å². The standard InChI is InChI=1S/C23H25N5O4S2/c1-2-27-22(30)20(14-21(29)26-17-6-5-16-9-11-25-19(16)13-17)28(23(27)33)12-10-15-3-7-18(8-4-15)34(24,31)32/h3-9,11,13,20,25H,2,10,12,14H2,1H3,(H,26,29)(H2,24,31,32). The van der Waals surface area contributed by atoms with Crippen molar-refractivity contribution < 1.29 is 18.0 Å². The van der Waals surface area contributed by atoms with Gasteiger partial charge in [0, 0.05) is 30.5 Å². The molecule has 3 aromatic rings. The van der Waals surface area contributed by atoms with Crippen LogP contribution in [-0.4, -0.2) is 59.3 Å². The first-order chi connectivity index (χ1) is 16.2. The maximum absolute atomic E-state index is 13.0. The van der Waals surface area contributed by atoms with Crippen LogP contribution in [0.15, 0.2) is 59.6 Å². The number of amides is 2. The van der Waals surface area contributed by atoms with Gasteiger partial charge in [-0.15, -0.1) is 0 Å². The number of hydrogen-bond acceptors (Lipinski definition) is 5. The number of carbonyl (C=O) groups excluding carboxylic acids is 2. The number of nitrogens with zero attached hydrogens (tertiary/aromatic N) is 2. The second-order valence-electron chi connectivity index (χ2n) is 8.05. The second-order valence-corrected chi connectivity index (χ2v) is 9.97. The first-order valence-corrected chi connectivity index (χ1v) is 12.7. The van der Waals surface area contributed by atoms with Crippen molar-refractivity contribution in [2.75, 3.05) is 18.4 Å². The van der Waals surface area contributed by atoms with Crippen molar-refractivity contribution in [2.24, 2.45) is 5.14 Å². The van der Waals surface area contributed by atoms with Crippen molar-refractivity contribution in [3.8, 4) is 0 Å². The monoisotopic (exact) mass is 499 g/mol. The van der Waals surface area contributed by atoms with E-state index < -0.39 is 16.1 Å². The van der Waals surface area contributed by atoms with Crippen LogP contribution in [0.25, 0.3) is 10.9 Å². The molecule has 0 aliphatic carbocycles. The summed E-state index contributed by atoms with van der Waals surface area (Å²) in [4.78, 5) is 32.2. The average molecular weight is 500 g/mol. The van der Waals surface area contributed by atoms with E-state index in [1.54, 1.807) is 17.0 Å². The summed E-state index contributed by atoms with van der Waals surface area (Å²) in [5.41, 5.74) is 2.41. The summed E-state index contributed by atoms with van der Waals surface area (Å²) in [5, 5.41) is 9.44. The first kappa shape index (κ1) is 23.9. The van der Waals surface area contributed by atoms with Gasteiger partial charge >= 0.3 is 0 Å². The van der Waals surface area contributed by atoms with Crippen LogP contribution in [-0.2, 0) is 26.0 Å². The van der Waals surface area contributed by atoms with Crippen LogP contribution in [0, 0.1) is 0 Å². The highest BCUT2D eigenvalue weighted by Gasteiger charge is 2.42. The zero-order valence-corrected chi connectivity index (χ0v) is 20.2. The van der Waals surface area contributed by atoms with Crippen LogP contribution in [0.2, 0.25) is 0 Å². The SMILES string of the molecule is CCN1C(=O)C(CC(=O)Nc2ccc3cc[nH]c3c2)N(CCc2ccc(S(N)(=O)=O)cc2)C1=S. The van der Waals surface area contributed by atoms with Crippen molar-refractivity contribution in [1.29, 1.82) is 0 Å². The highest BCUT2D eigenvalue weighted by molar-refractivity contribution is 7.89. The number of H-pyrrole nitrogens is 1. The Kier molecular flexibility index (Phi) is 6.69. The third-order valence-corrected chi connectivity index (χ3v) is 7.22. The molecule has 1 unspecified atom stereocenters. The van der Waals surface area contributed by atoms with Crippen LogP contribution in [0.1, 0.15) is 18.9 Å². The van der Waals surface area contributed by atoms with Gasteiger partial charge in [-0.3, -0.25) is 14.5 Å². The van der Waals surface area contributed by atoms with E-state index in [0.717, 1.165) is 16.5 Å². The van der Waals surface area contributed by atoms with Gasteiger partial charge in [-0.2, -0.15) is 0 Å². The molecule has 2 aromatic carbocycles. The minimum atomic E-state index is -3.76. The van der Waals surface area contributed by atoms with Gasteiger partial charge in [0.05, 0.1) is 11.3 Å². The van der Waals surface area contributed by atoms with Crippen LogP contribution in [0.3, 0.4) is 0 Å². The number of nitrogens with two attached hydrogens (primary N) is 1. The molecule has 0 radical (unpaired) electrons. The highest BCUT2D eigenvalue weighted by atomic mass is 32.2. The number of benzene rings is 2. The first-order valence-electron chi connectivity index (χ1n) is 10.8. The molecular formula is C23H25N5O4S2. The smallest absolute Gasteiger partial charge is 0.252 e. The minimum absolute atomic E-state index is 0.0346. The molecule has 0 bridgehead atoms. The van der Waals surface area contributed by atoms with Gasteiger partial charge in [0.2, 0.25) is 15.9 Å². The molecule has 1 aromatic heterocycles. The van der Waals surface area contributed by atoms with Gasteiger partial charge in [0.25, 0.3) is 5.91 Å². The summed E-state index contributed by atoms with van der Waals surface area (Å²) >= 11 is 5.53. The quantitative estimate of drug-likeness (QED) is 0.408. The van der Waals surface area contributed by atoms with E-state index in [4.69, 9.17) is 17.4 Å². The predicted molar refractivity (Wildman–Crippen MR) is 134 cm³/mol. The Labute approximate surface area is 203 Å². The number of thiocarbonyl (C=S) groups is 1. The molecule has 1 aliphatic rings. The molecule has 34 heavy (non-hydrogen) atoms. The molecule has 1 atom stereocenters. The highest BCUT2D eigenvalue weighted by Crippen LogP contribution is 2.23. The van der Waals surface area contributed by atoms with Crippen LogP contribution in [0.5, 0.6) is 0 Å². The Bertz CT molecular complexity index is 1350. The molecule has 2 amide bonds. The number of carbonyl (C=O) groups is 2.